The maximum Gasteiger partial charge on any atom is 0.419 e. The highest BCUT2D eigenvalue weighted by molar-refractivity contribution is 7.89. The highest BCUT2D eigenvalue weighted by Gasteiger charge is 2.33. The molecule has 0 aliphatic heterocycles. The number of ether oxygens (including phenoxy) is 2. The van der Waals surface area contributed by atoms with E-state index in [1.165, 1.54) is 20.3 Å². The molecular weight excluding hydrogens is 481 g/mol. The van der Waals surface area contributed by atoms with Crippen LogP contribution in [0.25, 0.3) is 5.69 Å². The number of aromatic nitrogens is 2. The van der Waals surface area contributed by atoms with E-state index in [9.17, 15) is 26.5 Å². The van der Waals surface area contributed by atoms with Gasteiger partial charge in [-0.3, -0.25) is 0 Å². The summed E-state index contributed by atoms with van der Waals surface area (Å²) in [5.74, 6) is 0.843. The minimum atomic E-state index is -4.68. The van der Waals surface area contributed by atoms with Crippen LogP contribution in [-0.2, 0) is 27.6 Å². The summed E-state index contributed by atoms with van der Waals surface area (Å²) in [6.07, 6.45) is -3.47. The lowest BCUT2D eigenvalue weighted by molar-refractivity contribution is -0.736. The third kappa shape index (κ3) is 5.28. The van der Waals surface area contributed by atoms with Gasteiger partial charge in [0.1, 0.15) is 16.4 Å². The van der Waals surface area contributed by atoms with E-state index >= 15 is 0 Å². The molecule has 0 spiro atoms. The van der Waals surface area contributed by atoms with E-state index in [1.54, 1.807) is 18.2 Å². The van der Waals surface area contributed by atoms with Gasteiger partial charge in [-0.2, -0.15) is 18.3 Å². The Balaban J connectivity index is 2.03. The average molecular weight is 501 g/mol. The van der Waals surface area contributed by atoms with Crippen LogP contribution in [0.5, 0.6) is 11.5 Å². The summed E-state index contributed by atoms with van der Waals surface area (Å²) in [5.41, 5.74) is -1.02. The molecule has 3 aromatic rings. The van der Waals surface area contributed by atoms with Crippen LogP contribution in [0.4, 0.5) is 18.9 Å². The maximum absolute atomic E-state index is 13.2. The third-order valence-electron chi connectivity index (χ3n) is 4.71. The summed E-state index contributed by atoms with van der Waals surface area (Å²) in [6.45, 7) is -0.225. The number of hydrogen-bond donors (Lipinski definition) is 1. The molecule has 0 atom stereocenters. The molecule has 0 aliphatic rings. The standard InChI is InChI=1S/C20H20F3N4O6S/c1-31-16-6-4-13(18(9-16)32-2)10-25-34(29,30)19-8-15(27(28)33-3)5-7-17(19)26-12-14(11-24-26)20(21,22)23/h4-9,11-12,25H,10H2,1-3H3/q+1. The first-order valence-corrected chi connectivity index (χ1v) is 11.0. The SMILES string of the molecule is COc1ccc(CNS(=O)(=O)c2cc([N+](=O)OC)ccc2-n2cc(C(F)(F)F)cn2)c(OC)c1. The highest BCUT2D eigenvalue weighted by atomic mass is 32.2. The Hall–Kier alpha value is -3.65. The first-order chi connectivity index (χ1) is 16.0. The van der Waals surface area contributed by atoms with Crippen molar-refractivity contribution in [1.29, 1.82) is 0 Å². The quantitative estimate of drug-likeness (QED) is 0.448. The lowest BCUT2D eigenvalue weighted by Crippen LogP contribution is -2.25. The van der Waals surface area contributed by atoms with Gasteiger partial charge in [0.15, 0.2) is 7.11 Å². The molecule has 0 aliphatic carbocycles. The van der Waals surface area contributed by atoms with E-state index in [-0.39, 0.29) is 22.8 Å². The summed E-state index contributed by atoms with van der Waals surface area (Å²) in [5, 5.41) is 3.63. The number of rotatable bonds is 9. The molecule has 182 valence electrons. The van der Waals surface area contributed by atoms with Gasteiger partial charge < -0.3 is 9.47 Å². The Morgan fingerprint density at radius 1 is 1.09 bits per heavy atom. The van der Waals surface area contributed by atoms with Crippen molar-refractivity contribution in [2.75, 3.05) is 21.3 Å². The zero-order valence-corrected chi connectivity index (χ0v) is 19.0. The summed E-state index contributed by atoms with van der Waals surface area (Å²) in [7, 11) is -0.429. The minimum absolute atomic E-state index is 0.0551. The van der Waals surface area contributed by atoms with Gasteiger partial charge in [0.2, 0.25) is 10.0 Å². The number of sulfonamides is 1. The normalized spacial score (nSPS) is 11.8. The Morgan fingerprint density at radius 2 is 1.82 bits per heavy atom. The second-order valence-electron chi connectivity index (χ2n) is 6.77. The number of nitrogens with zero attached hydrogens (tertiary/aromatic N) is 3. The van der Waals surface area contributed by atoms with Gasteiger partial charge >= 0.3 is 11.9 Å². The molecule has 0 fully saturated rings. The van der Waals surface area contributed by atoms with Crippen molar-refractivity contribution in [3.8, 4) is 17.2 Å². The molecular formula is C20H20F3N4O6S+. The Morgan fingerprint density at radius 3 is 2.41 bits per heavy atom. The highest BCUT2D eigenvalue weighted by Crippen LogP contribution is 2.31. The van der Waals surface area contributed by atoms with Crippen LogP contribution in [0.2, 0.25) is 0 Å². The lowest BCUT2D eigenvalue weighted by atomic mass is 10.2. The third-order valence-corrected chi connectivity index (χ3v) is 6.14. The number of methoxy groups -OCH3 is 2. The molecule has 0 bridgehead atoms. The van der Waals surface area contributed by atoms with Gasteiger partial charge in [0.25, 0.3) is 4.92 Å². The van der Waals surface area contributed by atoms with E-state index in [0.717, 1.165) is 23.9 Å². The molecule has 14 heteroatoms. The van der Waals surface area contributed by atoms with E-state index in [1.807, 2.05) is 0 Å². The fourth-order valence-corrected chi connectivity index (χ4v) is 4.19. The molecule has 3 rings (SSSR count). The first kappa shape index (κ1) is 25.0. The molecule has 34 heavy (non-hydrogen) atoms. The van der Waals surface area contributed by atoms with Crippen LogP contribution >= 0.6 is 0 Å². The van der Waals surface area contributed by atoms with Crippen LogP contribution in [-0.4, -0.2) is 44.5 Å². The maximum atomic E-state index is 13.2. The molecule has 1 aromatic heterocycles. The first-order valence-electron chi connectivity index (χ1n) is 9.48. The minimum Gasteiger partial charge on any atom is -0.497 e. The monoisotopic (exact) mass is 501 g/mol. The topological polar surface area (TPSA) is 112 Å². The summed E-state index contributed by atoms with van der Waals surface area (Å²) < 4.78 is 79.0. The van der Waals surface area contributed by atoms with E-state index in [0.29, 0.717) is 29.5 Å². The van der Waals surface area contributed by atoms with Crippen LogP contribution in [0.1, 0.15) is 11.1 Å². The molecule has 0 amide bonds. The number of benzene rings is 2. The molecule has 10 nitrogen and oxygen atoms in total. The Bertz CT molecular complexity index is 1310. The van der Waals surface area contributed by atoms with Crippen molar-refractivity contribution in [1.82, 2.24) is 14.5 Å². The predicted octanol–water partition coefficient (Wildman–Crippen LogP) is 3.36. The number of hydrogen-bond acceptors (Lipinski definition) is 7. The van der Waals surface area contributed by atoms with Gasteiger partial charge in [-0.1, -0.05) is 6.07 Å². The van der Waals surface area contributed by atoms with Crippen molar-refractivity contribution >= 4 is 15.7 Å². The number of nitrogens with one attached hydrogen (secondary N) is 1. The van der Waals surface area contributed by atoms with Gasteiger partial charge in [-0.15, -0.1) is 0 Å². The van der Waals surface area contributed by atoms with Crippen molar-refractivity contribution in [3.05, 3.63) is 64.8 Å². The van der Waals surface area contributed by atoms with E-state index < -0.39 is 26.7 Å². The summed E-state index contributed by atoms with van der Waals surface area (Å²) >= 11 is 0. The molecule has 0 unspecified atom stereocenters. The van der Waals surface area contributed by atoms with E-state index in [2.05, 4.69) is 14.7 Å². The molecule has 0 saturated carbocycles. The average Bonchev–Trinajstić information content (AvgIpc) is 3.32. The second kappa shape index (κ2) is 9.69. The molecule has 1 heterocycles. The van der Waals surface area contributed by atoms with Gasteiger partial charge in [0, 0.05) is 36.5 Å². The van der Waals surface area contributed by atoms with Crippen LogP contribution < -0.4 is 14.2 Å². The fourth-order valence-electron chi connectivity index (χ4n) is 2.98. The van der Waals surface area contributed by atoms with E-state index in [4.69, 9.17) is 9.47 Å². The van der Waals surface area contributed by atoms with Crippen molar-refractivity contribution < 1.29 is 40.8 Å². The van der Waals surface area contributed by atoms with Crippen molar-refractivity contribution in [2.24, 2.45) is 0 Å². The number of halogens is 3. The zero-order valence-electron chi connectivity index (χ0n) is 18.2. The molecule has 1 N–H and O–H groups in total. The molecule has 0 saturated heterocycles. The van der Waals surface area contributed by atoms with Gasteiger partial charge in [-0.25, -0.2) is 22.7 Å². The summed E-state index contributed by atoms with van der Waals surface area (Å²) in [4.78, 5) is 16.0. The molecule has 2 aromatic carbocycles. The van der Waals surface area contributed by atoms with Crippen LogP contribution in [0.15, 0.2) is 53.7 Å². The van der Waals surface area contributed by atoms with Crippen LogP contribution in [0.3, 0.4) is 0 Å². The summed E-state index contributed by atoms with van der Waals surface area (Å²) in [6, 6.07) is 8.06. The zero-order chi connectivity index (χ0) is 25.1. The fraction of sp³-hybridized carbons (Fsp3) is 0.250. The molecule has 0 radical (unpaired) electrons. The van der Waals surface area contributed by atoms with Gasteiger partial charge in [0.05, 0.1) is 36.6 Å². The van der Waals surface area contributed by atoms with Gasteiger partial charge in [-0.05, 0) is 12.1 Å². The second-order valence-corrected chi connectivity index (χ2v) is 8.50. The van der Waals surface area contributed by atoms with Crippen molar-refractivity contribution in [2.45, 2.75) is 17.6 Å². The Labute approximate surface area is 192 Å². The number of alkyl halides is 3. The Kier molecular flexibility index (Phi) is 7.12. The lowest BCUT2D eigenvalue weighted by Gasteiger charge is -2.14. The smallest absolute Gasteiger partial charge is 0.419 e. The van der Waals surface area contributed by atoms with Crippen LogP contribution in [0, 0.1) is 4.91 Å². The van der Waals surface area contributed by atoms with Crippen molar-refractivity contribution in [3.63, 3.8) is 0 Å². The largest absolute Gasteiger partial charge is 0.497 e. The predicted molar refractivity (Wildman–Crippen MR) is 112 cm³/mol.